The van der Waals surface area contributed by atoms with Crippen molar-refractivity contribution < 1.29 is 13.3 Å². The predicted molar refractivity (Wildman–Crippen MR) is 99.8 cm³/mol. The summed E-state index contributed by atoms with van der Waals surface area (Å²) in [6.45, 7) is 4.29. The number of benzene rings is 2. The lowest BCUT2D eigenvalue weighted by atomic mass is 9.86. The van der Waals surface area contributed by atoms with Crippen molar-refractivity contribution in [3.8, 4) is 0 Å². The number of fused-ring (bicyclic) bond motifs is 1. The van der Waals surface area contributed by atoms with Crippen LogP contribution in [0.2, 0.25) is 0 Å². The lowest BCUT2D eigenvalue weighted by Gasteiger charge is -2.20. The molecular weight excluding hydrogens is 354 g/mol. The maximum Gasteiger partial charge on any atom is 0.293 e. The zero-order valence-corrected chi connectivity index (χ0v) is 15.6. The first-order valence-corrected chi connectivity index (χ1v) is 9.72. The Morgan fingerprint density at radius 2 is 1.88 bits per heavy atom. The highest BCUT2D eigenvalue weighted by Gasteiger charge is 2.37. The monoisotopic (exact) mass is 375 g/mol. The Morgan fingerprint density at radius 3 is 2.54 bits per heavy atom. The van der Waals surface area contributed by atoms with Crippen LogP contribution in [0, 0.1) is 10.1 Å². The molecule has 0 heterocycles. The number of sulfonamides is 1. The standard InChI is InChI=1S/C18H21N3O4S/c1-18(2)11-16(13-6-4-5-7-14(13)18)20-15-9-8-12(26(24,25)19-3)10-17(15)21(22)23/h4-10,16,19-20H,11H2,1-3H3. The average Bonchev–Trinajstić information content (AvgIpc) is 2.86. The van der Waals surface area contributed by atoms with Crippen molar-refractivity contribution >= 4 is 21.4 Å². The molecule has 7 nitrogen and oxygen atoms in total. The van der Waals surface area contributed by atoms with Gasteiger partial charge in [0.05, 0.1) is 15.9 Å². The van der Waals surface area contributed by atoms with Crippen molar-refractivity contribution in [1.82, 2.24) is 4.72 Å². The molecule has 0 spiro atoms. The van der Waals surface area contributed by atoms with E-state index in [0.717, 1.165) is 18.1 Å². The first-order chi connectivity index (χ1) is 12.2. The van der Waals surface area contributed by atoms with Gasteiger partial charge in [0.15, 0.2) is 0 Å². The predicted octanol–water partition coefficient (Wildman–Crippen LogP) is 3.34. The summed E-state index contributed by atoms with van der Waals surface area (Å²) in [5, 5.41) is 14.7. The summed E-state index contributed by atoms with van der Waals surface area (Å²) in [6.07, 6.45) is 0.792. The highest BCUT2D eigenvalue weighted by Crippen LogP contribution is 2.46. The molecule has 0 radical (unpaired) electrons. The van der Waals surface area contributed by atoms with E-state index in [2.05, 4.69) is 30.0 Å². The molecule has 138 valence electrons. The molecule has 3 rings (SSSR count). The molecule has 8 heteroatoms. The van der Waals surface area contributed by atoms with E-state index in [4.69, 9.17) is 0 Å². The normalized spacial score (nSPS) is 18.3. The van der Waals surface area contributed by atoms with E-state index in [1.165, 1.54) is 24.7 Å². The zero-order valence-electron chi connectivity index (χ0n) is 14.8. The van der Waals surface area contributed by atoms with Gasteiger partial charge in [-0.2, -0.15) is 0 Å². The third kappa shape index (κ3) is 3.17. The fourth-order valence-corrected chi connectivity index (χ4v) is 4.28. The molecule has 2 aromatic carbocycles. The molecule has 1 atom stereocenters. The molecule has 0 saturated heterocycles. The van der Waals surface area contributed by atoms with E-state index in [1.807, 2.05) is 18.2 Å². The maximum atomic E-state index is 11.9. The largest absolute Gasteiger partial charge is 0.373 e. The molecule has 2 N–H and O–H groups in total. The van der Waals surface area contributed by atoms with Gasteiger partial charge in [-0.3, -0.25) is 10.1 Å². The number of hydrogen-bond donors (Lipinski definition) is 2. The van der Waals surface area contributed by atoms with Crippen LogP contribution in [0.3, 0.4) is 0 Å². The van der Waals surface area contributed by atoms with E-state index in [-0.39, 0.29) is 22.0 Å². The lowest BCUT2D eigenvalue weighted by molar-refractivity contribution is -0.384. The quantitative estimate of drug-likeness (QED) is 0.616. The molecular formula is C18H21N3O4S. The van der Waals surface area contributed by atoms with Gasteiger partial charge in [-0.1, -0.05) is 38.1 Å². The Labute approximate surface area is 152 Å². The summed E-state index contributed by atoms with van der Waals surface area (Å²) >= 11 is 0. The number of anilines is 1. The third-order valence-electron chi connectivity index (χ3n) is 4.85. The lowest BCUT2D eigenvalue weighted by Crippen LogP contribution is -2.19. The fourth-order valence-electron chi connectivity index (χ4n) is 3.53. The Kier molecular flexibility index (Phi) is 4.49. The summed E-state index contributed by atoms with van der Waals surface area (Å²) in [4.78, 5) is 10.8. The van der Waals surface area contributed by atoms with Gasteiger partial charge in [0.25, 0.3) is 5.69 Å². The van der Waals surface area contributed by atoms with Crippen LogP contribution >= 0.6 is 0 Å². The number of rotatable bonds is 5. The summed E-state index contributed by atoms with van der Waals surface area (Å²) in [6, 6.07) is 11.9. The van der Waals surface area contributed by atoms with E-state index in [0.29, 0.717) is 5.69 Å². The van der Waals surface area contributed by atoms with E-state index < -0.39 is 14.9 Å². The molecule has 0 amide bonds. The topological polar surface area (TPSA) is 101 Å². The Hall–Kier alpha value is -2.45. The van der Waals surface area contributed by atoms with Crippen LogP contribution in [-0.2, 0) is 15.4 Å². The first kappa shape index (κ1) is 18.3. The van der Waals surface area contributed by atoms with Crippen molar-refractivity contribution in [3.63, 3.8) is 0 Å². The second-order valence-electron chi connectivity index (χ2n) is 7.02. The summed E-state index contributed by atoms with van der Waals surface area (Å²) in [5.74, 6) is 0. The van der Waals surface area contributed by atoms with Gasteiger partial charge in [-0.25, -0.2) is 13.1 Å². The summed E-state index contributed by atoms with van der Waals surface area (Å²) < 4.78 is 26.0. The molecule has 1 aliphatic carbocycles. The van der Waals surface area contributed by atoms with Crippen LogP contribution in [-0.4, -0.2) is 20.4 Å². The molecule has 26 heavy (non-hydrogen) atoms. The number of nitrogens with one attached hydrogen (secondary N) is 2. The number of nitro benzene ring substituents is 1. The molecule has 0 aromatic heterocycles. The summed E-state index contributed by atoms with van der Waals surface area (Å²) in [5.41, 5.74) is 2.33. The highest BCUT2D eigenvalue weighted by molar-refractivity contribution is 7.89. The van der Waals surface area contributed by atoms with Gasteiger partial charge in [-0.15, -0.1) is 0 Å². The second-order valence-corrected chi connectivity index (χ2v) is 8.90. The van der Waals surface area contributed by atoms with Gasteiger partial charge in [0, 0.05) is 6.07 Å². The molecule has 1 aliphatic rings. The van der Waals surface area contributed by atoms with Crippen LogP contribution in [0.4, 0.5) is 11.4 Å². The Balaban J connectivity index is 2.00. The minimum atomic E-state index is -3.75. The average molecular weight is 375 g/mol. The SMILES string of the molecule is CNS(=O)(=O)c1ccc(NC2CC(C)(C)c3ccccc32)c([N+](=O)[O-])c1. The first-order valence-electron chi connectivity index (χ1n) is 8.23. The van der Waals surface area contributed by atoms with Gasteiger partial charge in [0.2, 0.25) is 10.0 Å². The van der Waals surface area contributed by atoms with Crippen molar-refractivity contribution in [2.75, 3.05) is 12.4 Å². The molecule has 2 aromatic rings. The molecule has 0 saturated carbocycles. The second kappa shape index (κ2) is 6.37. The highest BCUT2D eigenvalue weighted by atomic mass is 32.2. The number of hydrogen-bond acceptors (Lipinski definition) is 5. The maximum absolute atomic E-state index is 11.9. The minimum Gasteiger partial charge on any atom is -0.373 e. The molecule has 1 unspecified atom stereocenters. The zero-order chi connectivity index (χ0) is 19.1. The fraction of sp³-hybridized carbons (Fsp3) is 0.333. The molecule has 0 bridgehead atoms. The van der Waals surface area contributed by atoms with Crippen LogP contribution in [0.5, 0.6) is 0 Å². The van der Waals surface area contributed by atoms with Crippen molar-refractivity contribution in [2.24, 2.45) is 0 Å². The number of nitro groups is 1. The van der Waals surface area contributed by atoms with Crippen LogP contribution < -0.4 is 10.0 Å². The van der Waals surface area contributed by atoms with E-state index >= 15 is 0 Å². The summed E-state index contributed by atoms with van der Waals surface area (Å²) in [7, 11) is -2.48. The van der Waals surface area contributed by atoms with Gasteiger partial charge in [0.1, 0.15) is 5.69 Å². The van der Waals surface area contributed by atoms with Gasteiger partial charge >= 0.3 is 0 Å². The van der Waals surface area contributed by atoms with Gasteiger partial charge in [-0.05, 0) is 42.1 Å². The smallest absolute Gasteiger partial charge is 0.293 e. The Bertz CT molecular complexity index is 970. The molecule has 0 aliphatic heterocycles. The third-order valence-corrected chi connectivity index (χ3v) is 6.27. The van der Waals surface area contributed by atoms with Crippen molar-refractivity contribution in [2.45, 2.75) is 36.6 Å². The number of nitrogens with zero attached hydrogens (tertiary/aromatic N) is 1. The van der Waals surface area contributed by atoms with E-state index in [9.17, 15) is 18.5 Å². The van der Waals surface area contributed by atoms with Gasteiger partial charge < -0.3 is 5.32 Å². The molecule has 0 fully saturated rings. The van der Waals surface area contributed by atoms with Crippen molar-refractivity contribution in [1.29, 1.82) is 0 Å². The Morgan fingerprint density at radius 1 is 1.19 bits per heavy atom. The van der Waals surface area contributed by atoms with Crippen molar-refractivity contribution in [3.05, 3.63) is 63.7 Å². The minimum absolute atomic E-state index is 0.0432. The van der Waals surface area contributed by atoms with E-state index in [1.54, 1.807) is 0 Å². The van der Waals surface area contributed by atoms with Crippen LogP contribution in [0.1, 0.15) is 37.4 Å². The van der Waals surface area contributed by atoms with Crippen LogP contribution in [0.25, 0.3) is 0 Å². The van der Waals surface area contributed by atoms with Crippen LogP contribution in [0.15, 0.2) is 47.4 Å².